The van der Waals surface area contributed by atoms with Crippen LogP contribution in [0.25, 0.3) is 0 Å². The molecular weight excluding hydrogens is 473 g/mol. The second kappa shape index (κ2) is 11.8. The van der Waals surface area contributed by atoms with Crippen molar-refractivity contribution in [3.63, 3.8) is 0 Å². The maximum atomic E-state index is 13.8. The fraction of sp³-hybridized carbons (Fsp3) is 0.481. The first kappa shape index (κ1) is 26.0. The average molecular weight is 505 g/mol. The van der Waals surface area contributed by atoms with E-state index >= 15 is 0 Å². The number of hydrogen-bond acceptors (Lipinski definition) is 5. The molecule has 6 nitrogen and oxygen atoms in total. The number of benzene rings is 2. The summed E-state index contributed by atoms with van der Waals surface area (Å²) in [7, 11) is 0. The third kappa shape index (κ3) is 6.78. The maximum absolute atomic E-state index is 13.8. The van der Waals surface area contributed by atoms with E-state index in [9.17, 15) is 18.0 Å². The summed E-state index contributed by atoms with van der Waals surface area (Å²) in [5, 5.41) is 16.1. The molecule has 2 aliphatic rings. The Balaban J connectivity index is 1.44. The molecule has 2 aromatic carbocycles. The van der Waals surface area contributed by atoms with Gasteiger partial charge in [0.15, 0.2) is 0 Å². The summed E-state index contributed by atoms with van der Waals surface area (Å²) in [5.41, 5.74) is 2.61. The number of nitrogens with one attached hydrogen (secondary N) is 1. The minimum absolute atomic E-state index is 0.0340. The Morgan fingerprint density at radius 1 is 1.11 bits per heavy atom. The largest absolute Gasteiger partial charge is 0.492 e. The van der Waals surface area contributed by atoms with Gasteiger partial charge in [0.05, 0.1) is 24.3 Å². The molecule has 1 fully saturated rings. The van der Waals surface area contributed by atoms with Crippen LogP contribution < -0.4 is 10.1 Å². The predicted molar refractivity (Wildman–Crippen MR) is 129 cm³/mol. The average Bonchev–Trinajstić information content (AvgIpc) is 2.86. The van der Waals surface area contributed by atoms with Crippen LogP contribution in [0.3, 0.4) is 0 Å². The highest BCUT2D eigenvalue weighted by atomic mass is 19.4. The highest BCUT2D eigenvalue weighted by Crippen LogP contribution is 2.41. The van der Waals surface area contributed by atoms with Gasteiger partial charge in [0.2, 0.25) is 0 Å². The first-order valence-electron chi connectivity index (χ1n) is 12.4. The van der Waals surface area contributed by atoms with E-state index in [0.29, 0.717) is 48.7 Å². The van der Waals surface area contributed by atoms with E-state index in [1.54, 1.807) is 12.1 Å². The van der Waals surface area contributed by atoms with Gasteiger partial charge in [-0.15, -0.1) is 0 Å². The number of rotatable bonds is 9. The van der Waals surface area contributed by atoms with Gasteiger partial charge in [0, 0.05) is 25.1 Å². The summed E-state index contributed by atoms with van der Waals surface area (Å²) >= 11 is 0. The lowest BCUT2D eigenvalue weighted by atomic mass is 9.81. The van der Waals surface area contributed by atoms with Crippen LogP contribution >= 0.6 is 0 Å². The molecule has 0 amide bonds. The molecule has 1 aliphatic carbocycles. The molecule has 0 unspecified atom stereocenters. The lowest BCUT2D eigenvalue weighted by Crippen LogP contribution is -2.20. The van der Waals surface area contributed by atoms with Gasteiger partial charge in [0.25, 0.3) is 0 Å². The van der Waals surface area contributed by atoms with Crippen molar-refractivity contribution >= 4 is 11.7 Å². The number of halogens is 3. The summed E-state index contributed by atoms with van der Waals surface area (Å²) in [6.07, 6.45) is 0.745. The molecule has 1 saturated carbocycles. The second-order valence-electron chi connectivity index (χ2n) is 9.32. The molecule has 0 spiro atoms. The Morgan fingerprint density at radius 3 is 2.64 bits per heavy atom. The Morgan fingerprint density at radius 2 is 1.89 bits per heavy atom. The van der Waals surface area contributed by atoms with Crippen molar-refractivity contribution in [2.24, 2.45) is 5.16 Å². The van der Waals surface area contributed by atoms with Crippen LogP contribution in [0.4, 0.5) is 13.2 Å². The van der Waals surface area contributed by atoms with E-state index in [-0.39, 0.29) is 18.9 Å². The molecule has 0 atom stereocenters. The minimum atomic E-state index is -4.41. The monoisotopic (exact) mass is 504 g/mol. The van der Waals surface area contributed by atoms with E-state index in [1.807, 2.05) is 18.2 Å². The van der Waals surface area contributed by atoms with Crippen molar-refractivity contribution in [3.8, 4) is 5.75 Å². The molecular formula is C27H31F3N2O4. The first-order valence-corrected chi connectivity index (χ1v) is 12.4. The van der Waals surface area contributed by atoms with Crippen molar-refractivity contribution in [2.45, 2.75) is 70.2 Å². The lowest BCUT2D eigenvalue weighted by molar-refractivity contribution is -0.139. The van der Waals surface area contributed by atoms with Gasteiger partial charge in [-0.2, -0.15) is 13.2 Å². The number of alkyl halides is 3. The number of carbonyl (C=O) groups is 1. The topological polar surface area (TPSA) is 80.2 Å². The summed E-state index contributed by atoms with van der Waals surface area (Å²) in [6, 6.07) is 10.1. The molecule has 0 radical (unpaired) electrons. The van der Waals surface area contributed by atoms with E-state index in [0.717, 1.165) is 43.2 Å². The van der Waals surface area contributed by atoms with E-state index in [2.05, 4.69) is 10.5 Å². The molecule has 9 heteroatoms. The van der Waals surface area contributed by atoms with E-state index < -0.39 is 17.7 Å². The predicted octanol–water partition coefficient (Wildman–Crippen LogP) is 6.02. The zero-order valence-corrected chi connectivity index (χ0v) is 20.1. The third-order valence-corrected chi connectivity index (χ3v) is 6.67. The smallest absolute Gasteiger partial charge is 0.416 e. The Hall–Kier alpha value is -3.07. The van der Waals surface area contributed by atoms with Gasteiger partial charge in [-0.3, -0.25) is 4.79 Å². The highest BCUT2D eigenvalue weighted by Gasteiger charge is 2.35. The number of oxime groups is 1. The molecule has 2 aromatic rings. The number of nitrogens with zero attached hydrogens (tertiary/aromatic N) is 1. The molecule has 194 valence electrons. The Kier molecular flexibility index (Phi) is 8.51. The minimum Gasteiger partial charge on any atom is -0.492 e. The van der Waals surface area contributed by atoms with Gasteiger partial charge in [-0.25, -0.2) is 0 Å². The van der Waals surface area contributed by atoms with Crippen LogP contribution in [-0.4, -0.2) is 29.9 Å². The van der Waals surface area contributed by atoms with Crippen LogP contribution in [0, 0.1) is 0 Å². The number of carboxylic acid groups (broad SMARTS) is 1. The number of aliphatic carboxylic acids is 1. The summed E-state index contributed by atoms with van der Waals surface area (Å²) in [6.45, 7) is 1.21. The molecule has 36 heavy (non-hydrogen) atoms. The zero-order chi connectivity index (χ0) is 25.5. The quantitative estimate of drug-likeness (QED) is 0.322. The zero-order valence-electron chi connectivity index (χ0n) is 20.1. The SMILES string of the molecule is O=C(O)CCNCc1ccc2c(c1)/C(=N/OCc1ccc(C3CCCCC3)c(C(F)(F)F)c1)CCO2. The van der Waals surface area contributed by atoms with Crippen LogP contribution in [0.1, 0.15) is 78.7 Å². The van der Waals surface area contributed by atoms with Crippen LogP contribution in [0.5, 0.6) is 5.75 Å². The van der Waals surface area contributed by atoms with Crippen LogP contribution in [0.2, 0.25) is 0 Å². The van der Waals surface area contributed by atoms with Crippen LogP contribution in [-0.2, 0) is 29.0 Å². The summed E-state index contributed by atoms with van der Waals surface area (Å²) in [4.78, 5) is 16.2. The van der Waals surface area contributed by atoms with Gasteiger partial charge < -0.3 is 20.0 Å². The van der Waals surface area contributed by atoms with Gasteiger partial charge in [-0.05, 0) is 53.6 Å². The molecule has 0 saturated heterocycles. The Bertz CT molecular complexity index is 1090. The lowest BCUT2D eigenvalue weighted by Gasteiger charge is -2.25. The fourth-order valence-corrected chi connectivity index (χ4v) is 4.85. The molecule has 1 heterocycles. The molecule has 0 bridgehead atoms. The van der Waals surface area contributed by atoms with Crippen molar-refractivity contribution in [2.75, 3.05) is 13.2 Å². The molecule has 2 N–H and O–H groups in total. The number of ether oxygens (including phenoxy) is 1. The van der Waals surface area contributed by atoms with Crippen molar-refractivity contribution in [1.82, 2.24) is 5.32 Å². The molecule has 4 rings (SSSR count). The van der Waals surface area contributed by atoms with Gasteiger partial charge >= 0.3 is 12.1 Å². The van der Waals surface area contributed by atoms with Crippen molar-refractivity contribution < 1.29 is 32.6 Å². The highest BCUT2D eigenvalue weighted by molar-refractivity contribution is 6.03. The fourth-order valence-electron chi connectivity index (χ4n) is 4.85. The van der Waals surface area contributed by atoms with Gasteiger partial charge in [0.1, 0.15) is 12.4 Å². The number of carboxylic acids is 1. The van der Waals surface area contributed by atoms with E-state index in [4.69, 9.17) is 14.7 Å². The number of hydrogen-bond donors (Lipinski definition) is 2. The molecule has 0 aromatic heterocycles. The van der Waals surface area contributed by atoms with Crippen molar-refractivity contribution in [1.29, 1.82) is 0 Å². The molecule has 1 aliphatic heterocycles. The summed E-state index contributed by atoms with van der Waals surface area (Å²) < 4.78 is 47.2. The van der Waals surface area contributed by atoms with E-state index in [1.165, 1.54) is 6.07 Å². The summed E-state index contributed by atoms with van der Waals surface area (Å²) in [5.74, 6) is -0.245. The number of fused-ring (bicyclic) bond motifs is 1. The third-order valence-electron chi connectivity index (χ3n) is 6.67. The van der Waals surface area contributed by atoms with Gasteiger partial charge in [-0.1, -0.05) is 42.6 Å². The van der Waals surface area contributed by atoms with Crippen molar-refractivity contribution in [3.05, 3.63) is 64.2 Å². The Labute approximate surface area is 208 Å². The normalized spacial score (nSPS) is 17.5. The van der Waals surface area contributed by atoms with Crippen LogP contribution in [0.15, 0.2) is 41.6 Å². The maximum Gasteiger partial charge on any atom is 0.416 e. The standard InChI is InChI=1S/C27H31F3N2O4/c28-27(29,30)23-15-19(6-8-21(23)20-4-2-1-3-5-20)17-36-32-24-11-13-35-25-9-7-18(14-22(24)25)16-31-12-10-26(33)34/h6-9,14-15,20,31H,1-5,10-13,16-17H2,(H,33,34)/b32-24+. The second-order valence-corrected chi connectivity index (χ2v) is 9.32. The first-order chi connectivity index (χ1) is 17.3.